The normalized spacial score (nSPS) is 13.9. The zero-order valence-electron chi connectivity index (χ0n) is 20.7. The van der Waals surface area contributed by atoms with Gasteiger partial charge in [-0.05, 0) is 66.2 Å². The molecule has 3 aromatic carbocycles. The summed E-state index contributed by atoms with van der Waals surface area (Å²) in [6, 6.07) is 21.3. The van der Waals surface area contributed by atoms with Crippen molar-refractivity contribution in [3.63, 3.8) is 0 Å². The first-order valence-corrected chi connectivity index (χ1v) is 12.8. The highest BCUT2D eigenvalue weighted by molar-refractivity contribution is 6.31. The standard InChI is InChI=1S/C29H23ClN4O5/c30-21-7-10-25-20(15-21)16-26(39-25)28-32-24-4-2-1-3-23(24)29(36)34(28)31-17-19-5-8-22(9-6-19)38-18-27(35)33-11-13-37-14-12-33/h1-10,15-17H,11-14,18H2. The van der Waals surface area contributed by atoms with Gasteiger partial charge in [-0.15, -0.1) is 0 Å². The molecule has 1 fully saturated rings. The number of carbonyl (C=O) groups excluding carboxylic acids is 1. The molecule has 6 rings (SSSR count). The van der Waals surface area contributed by atoms with Crippen LogP contribution in [0.1, 0.15) is 5.56 Å². The monoisotopic (exact) mass is 542 g/mol. The molecule has 0 bridgehead atoms. The van der Waals surface area contributed by atoms with Gasteiger partial charge in [0.05, 0.1) is 30.3 Å². The van der Waals surface area contributed by atoms with Crippen LogP contribution in [0.2, 0.25) is 5.02 Å². The Bertz CT molecular complexity index is 1750. The summed E-state index contributed by atoms with van der Waals surface area (Å²) >= 11 is 6.14. The molecule has 1 aliphatic heterocycles. The van der Waals surface area contributed by atoms with Crippen molar-refractivity contribution in [3.05, 3.63) is 93.7 Å². The number of morpholine rings is 1. The van der Waals surface area contributed by atoms with E-state index in [0.717, 1.165) is 10.9 Å². The summed E-state index contributed by atoms with van der Waals surface area (Å²) in [6.45, 7) is 2.19. The second kappa shape index (κ2) is 10.7. The molecule has 39 heavy (non-hydrogen) atoms. The summed E-state index contributed by atoms with van der Waals surface area (Å²) in [5.74, 6) is 1.14. The predicted octanol–water partition coefficient (Wildman–Crippen LogP) is 4.58. The fraction of sp³-hybridized carbons (Fsp3) is 0.172. The molecule has 0 spiro atoms. The van der Waals surface area contributed by atoms with Gasteiger partial charge in [-0.2, -0.15) is 9.78 Å². The van der Waals surface area contributed by atoms with Crippen molar-refractivity contribution < 1.29 is 18.7 Å². The van der Waals surface area contributed by atoms with Gasteiger partial charge in [0.15, 0.2) is 12.4 Å². The number of carbonyl (C=O) groups is 1. The van der Waals surface area contributed by atoms with Crippen LogP contribution < -0.4 is 10.3 Å². The van der Waals surface area contributed by atoms with Gasteiger partial charge < -0.3 is 18.8 Å². The van der Waals surface area contributed by atoms with Gasteiger partial charge in [-0.1, -0.05) is 23.7 Å². The summed E-state index contributed by atoms with van der Waals surface area (Å²) in [6.07, 6.45) is 1.56. The number of para-hydroxylation sites is 1. The third-order valence-electron chi connectivity index (χ3n) is 6.38. The lowest BCUT2D eigenvalue weighted by Crippen LogP contribution is -2.42. The molecule has 9 nitrogen and oxygen atoms in total. The fourth-order valence-corrected chi connectivity index (χ4v) is 4.52. The van der Waals surface area contributed by atoms with E-state index in [1.165, 1.54) is 4.68 Å². The number of ether oxygens (including phenoxy) is 2. The number of hydrogen-bond donors (Lipinski definition) is 0. The maximum absolute atomic E-state index is 13.4. The third kappa shape index (κ3) is 5.27. The Morgan fingerprint density at radius 2 is 1.85 bits per heavy atom. The first-order chi connectivity index (χ1) is 19.0. The molecule has 0 unspecified atom stereocenters. The lowest BCUT2D eigenvalue weighted by molar-refractivity contribution is -0.137. The topological polar surface area (TPSA) is 99.2 Å². The maximum Gasteiger partial charge on any atom is 0.282 e. The van der Waals surface area contributed by atoms with E-state index in [1.807, 2.05) is 6.07 Å². The molecule has 0 N–H and O–H groups in total. The van der Waals surface area contributed by atoms with Crippen molar-refractivity contribution >= 4 is 45.6 Å². The molecule has 0 atom stereocenters. The lowest BCUT2D eigenvalue weighted by Gasteiger charge is -2.26. The van der Waals surface area contributed by atoms with Crippen LogP contribution >= 0.6 is 11.6 Å². The summed E-state index contributed by atoms with van der Waals surface area (Å²) in [5.41, 5.74) is 1.56. The van der Waals surface area contributed by atoms with E-state index in [1.54, 1.807) is 77.8 Å². The summed E-state index contributed by atoms with van der Waals surface area (Å²) in [5, 5.41) is 6.28. The average molecular weight is 543 g/mol. The molecule has 1 saturated heterocycles. The van der Waals surface area contributed by atoms with E-state index in [-0.39, 0.29) is 23.9 Å². The van der Waals surface area contributed by atoms with Crippen LogP contribution in [0.15, 0.2) is 87.1 Å². The highest BCUT2D eigenvalue weighted by Crippen LogP contribution is 2.29. The number of amides is 1. The highest BCUT2D eigenvalue weighted by Gasteiger charge is 2.18. The Kier molecular flexibility index (Phi) is 6.83. The Hall–Kier alpha value is -4.47. The van der Waals surface area contributed by atoms with Crippen molar-refractivity contribution in [3.8, 4) is 17.3 Å². The third-order valence-corrected chi connectivity index (χ3v) is 6.62. The molecule has 1 amide bonds. The minimum atomic E-state index is -0.327. The molecule has 0 aliphatic carbocycles. The molecule has 1 aliphatic rings. The van der Waals surface area contributed by atoms with E-state index in [4.69, 9.17) is 25.5 Å². The van der Waals surface area contributed by atoms with Crippen LogP contribution in [0.3, 0.4) is 0 Å². The number of furan rings is 1. The molecular weight excluding hydrogens is 520 g/mol. The van der Waals surface area contributed by atoms with Crippen LogP contribution in [0.5, 0.6) is 5.75 Å². The first-order valence-electron chi connectivity index (χ1n) is 12.4. The Morgan fingerprint density at radius 1 is 1.05 bits per heavy atom. The number of benzene rings is 3. The van der Waals surface area contributed by atoms with E-state index in [2.05, 4.69) is 10.1 Å². The van der Waals surface area contributed by atoms with Crippen molar-refractivity contribution in [1.29, 1.82) is 0 Å². The van der Waals surface area contributed by atoms with E-state index < -0.39 is 0 Å². The summed E-state index contributed by atoms with van der Waals surface area (Å²) in [7, 11) is 0. The van der Waals surface area contributed by atoms with Crippen LogP contribution in [-0.2, 0) is 9.53 Å². The van der Waals surface area contributed by atoms with Gasteiger partial charge in [0.2, 0.25) is 5.82 Å². The Labute approximate surface area is 227 Å². The zero-order chi connectivity index (χ0) is 26.8. The average Bonchev–Trinajstić information content (AvgIpc) is 3.39. The lowest BCUT2D eigenvalue weighted by atomic mass is 10.2. The van der Waals surface area contributed by atoms with Crippen molar-refractivity contribution in [1.82, 2.24) is 14.6 Å². The van der Waals surface area contributed by atoms with Gasteiger partial charge in [0, 0.05) is 23.5 Å². The molecule has 0 saturated carbocycles. The summed E-state index contributed by atoms with van der Waals surface area (Å²) in [4.78, 5) is 32.2. The Morgan fingerprint density at radius 3 is 2.67 bits per heavy atom. The highest BCUT2D eigenvalue weighted by atomic mass is 35.5. The van der Waals surface area contributed by atoms with Crippen LogP contribution in [0, 0.1) is 0 Å². The number of hydrogen-bond acceptors (Lipinski definition) is 7. The quantitative estimate of drug-likeness (QED) is 0.291. The minimum absolute atomic E-state index is 0.0440. The Balaban J connectivity index is 1.27. The number of rotatable bonds is 6. The second-order valence-corrected chi connectivity index (χ2v) is 9.39. The van der Waals surface area contributed by atoms with E-state index in [0.29, 0.717) is 59.3 Å². The molecule has 5 aromatic rings. The molecule has 2 aromatic heterocycles. The van der Waals surface area contributed by atoms with Gasteiger partial charge in [-0.25, -0.2) is 4.98 Å². The molecular formula is C29H23ClN4O5. The second-order valence-electron chi connectivity index (χ2n) is 8.96. The number of halogens is 1. The van der Waals surface area contributed by atoms with Gasteiger partial charge >= 0.3 is 0 Å². The first kappa shape index (κ1) is 24.8. The number of nitrogens with zero attached hydrogens (tertiary/aromatic N) is 4. The predicted molar refractivity (Wildman–Crippen MR) is 149 cm³/mol. The van der Waals surface area contributed by atoms with Crippen molar-refractivity contribution in [2.24, 2.45) is 5.10 Å². The van der Waals surface area contributed by atoms with E-state index in [9.17, 15) is 9.59 Å². The van der Waals surface area contributed by atoms with Gasteiger partial charge in [0.1, 0.15) is 11.3 Å². The molecule has 196 valence electrons. The van der Waals surface area contributed by atoms with Crippen molar-refractivity contribution in [2.45, 2.75) is 0 Å². The molecule has 3 heterocycles. The number of aromatic nitrogens is 2. The fourth-order valence-electron chi connectivity index (χ4n) is 4.34. The number of fused-ring (bicyclic) bond motifs is 2. The van der Waals surface area contributed by atoms with Gasteiger partial charge in [-0.3, -0.25) is 9.59 Å². The largest absolute Gasteiger partial charge is 0.484 e. The molecule has 0 radical (unpaired) electrons. The van der Waals surface area contributed by atoms with Gasteiger partial charge in [0.25, 0.3) is 11.5 Å². The molecule has 10 heteroatoms. The van der Waals surface area contributed by atoms with Crippen LogP contribution in [-0.4, -0.2) is 59.6 Å². The summed E-state index contributed by atoms with van der Waals surface area (Å²) < 4.78 is 18.2. The minimum Gasteiger partial charge on any atom is -0.484 e. The zero-order valence-corrected chi connectivity index (χ0v) is 21.5. The van der Waals surface area contributed by atoms with Crippen LogP contribution in [0.25, 0.3) is 33.5 Å². The smallest absolute Gasteiger partial charge is 0.282 e. The van der Waals surface area contributed by atoms with Crippen molar-refractivity contribution in [2.75, 3.05) is 32.9 Å². The SMILES string of the molecule is O=C(COc1ccc(C=Nn2c(-c3cc4cc(Cl)ccc4o3)nc3ccccc3c2=O)cc1)N1CCOCC1. The van der Waals surface area contributed by atoms with Crippen LogP contribution in [0.4, 0.5) is 0 Å². The van der Waals surface area contributed by atoms with E-state index >= 15 is 0 Å². The maximum atomic E-state index is 13.4.